The van der Waals surface area contributed by atoms with Gasteiger partial charge >= 0.3 is 0 Å². The molecular weight excluding hydrogens is 232 g/mol. The summed E-state index contributed by atoms with van der Waals surface area (Å²) < 4.78 is 0. The van der Waals surface area contributed by atoms with Gasteiger partial charge in [0.15, 0.2) is 0 Å². The van der Waals surface area contributed by atoms with Gasteiger partial charge in [-0.15, -0.1) is 0 Å². The molecule has 3 rings (SSSR count). The van der Waals surface area contributed by atoms with Crippen molar-refractivity contribution in [2.75, 3.05) is 26.2 Å². The van der Waals surface area contributed by atoms with Crippen molar-refractivity contribution in [3.8, 4) is 0 Å². The van der Waals surface area contributed by atoms with Crippen LogP contribution >= 0.6 is 0 Å². The normalized spacial score (nSPS) is 38.5. The molecule has 2 bridgehead atoms. The molecule has 2 heteroatoms. The average molecular weight is 264 g/mol. The van der Waals surface area contributed by atoms with Gasteiger partial charge in [0.1, 0.15) is 0 Å². The van der Waals surface area contributed by atoms with Crippen LogP contribution in [0.5, 0.6) is 0 Å². The lowest BCUT2D eigenvalue weighted by molar-refractivity contribution is 0.152. The van der Waals surface area contributed by atoms with Gasteiger partial charge in [0, 0.05) is 18.6 Å². The van der Waals surface area contributed by atoms with Crippen molar-refractivity contribution in [3.05, 3.63) is 0 Å². The maximum atomic E-state index is 3.84. The van der Waals surface area contributed by atoms with Gasteiger partial charge in [0.25, 0.3) is 0 Å². The van der Waals surface area contributed by atoms with Crippen molar-refractivity contribution in [2.45, 2.75) is 64.3 Å². The van der Waals surface area contributed by atoms with Crippen molar-refractivity contribution < 1.29 is 0 Å². The molecule has 1 heterocycles. The second kappa shape index (κ2) is 5.73. The van der Waals surface area contributed by atoms with E-state index in [1.165, 1.54) is 58.3 Å². The van der Waals surface area contributed by atoms with Crippen molar-refractivity contribution in [1.29, 1.82) is 0 Å². The van der Waals surface area contributed by atoms with E-state index in [1.54, 1.807) is 12.8 Å². The summed E-state index contributed by atoms with van der Waals surface area (Å²) in [6, 6.07) is 0. The molecule has 0 aromatic heterocycles. The second-order valence-corrected chi connectivity index (χ2v) is 7.44. The number of hydrogen-bond acceptors (Lipinski definition) is 2. The first kappa shape index (κ1) is 13.9. The highest BCUT2D eigenvalue weighted by molar-refractivity contribution is 4.95. The molecular formula is C17H32N2. The largest absolute Gasteiger partial charge is 0.310 e. The molecule has 1 saturated heterocycles. The predicted octanol–water partition coefficient (Wildman–Crippen LogP) is 3.28. The van der Waals surface area contributed by atoms with Crippen LogP contribution in [-0.2, 0) is 0 Å². The second-order valence-electron chi connectivity index (χ2n) is 7.44. The van der Waals surface area contributed by atoms with Gasteiger partial charge < -0.3 is 10.2 Å². The highest BCUT2D eigenvalue weighted by Crippen LogP contribution is 2.48. The fraction of sp³-hybridized carbons (Fsp3) is 1.00. The molecule has 19 heavy (non-hydrogen) atoms. The van der Waals surface area contributed by atoms with Gasteiger partial charge in [-0.2, -0.15) is 0 Å². The van der Waals surface area contributed by atoms with Crippen molar-refractivity contribution in [1.82, 2.24) is 10.2 Å². The monoisotopic (exact) mass is 264 g/mol. The molecule has 0 spiro atoms. The molecule has 2 aliphatic carbocycles. The molecule has 3 unspecified atom stereocenters. The summed E-state index contributed by atoms with van der Waals surface area (Å²) in [7, 11) is 0. The Bertz CT molecular complexity index is 298. The Kier molecular flexibility index (Phi) is 4.19. The van der Waals surface area contributed by atoms with E-state index in [9.17, 15) is 0 Å². The van der Waals surface area contributed by atoms with E-state index in [4.69, 9.17) is 0 Å². The number of nitrogens with one attached hydrogen (secondary N) is 1. The van der Waals surface area contributed by atoms with E-state index in [-0.39, 0.29) is 0 Å². The molecule has 0 radical (unpaired) electrons. The van der Waals surface area contributed by atoms with Crippen LogP contribution < -0.4 is 5.32 Å². The van der Waals surface area contributed by atoms with Gasteiger partial charge in [-0.3, -0.25) is 0 Å². The summed E-state index contributed by atoms with van der Waals surface area (Å²) in [6.45, 7) is 9.94. The van der Waals surface area contributed by atoms with Crippen molar-refractivity contribution in [2.24, 2.45) is 17.8 Å². The Morgan fingerprint density at radius 3 is 2.63 bits per heavy atom. The van der Waals surface area contributed by atoms with Crippen molar-refractivity contribution in [3.63, 3.8) is 0 Å². The lowest BCUT2D eigenvalue weighted by Crippen LogP contribution is -2.51. The minimum Gasteiger partial charge on any atom is -0.310 e. The first-order valence-electron chi connectivity index (χ1n) is 8.72. The van der Waals surface area contributed by atoms with Crippen LogP contribution in [0.25, 0.3) is 0 Å². The zero-order valence-electron chi connectivity index (χ0n) is 13.0. The van der Waals surface area contributed by atoms with Crippen LogP contribution in [0.4, 0.5) is 0 Å². The molecule has 1 N–H and O–H groups in total. The fourth-order valence-corrected chi connectivity index (χ4v) is 5.03. The Morgan fingerprint density at radius 2 is 2.00 bits per heavy atom. The first-order valence-corrected chi connectivity index (χ1v) is 8.72. The Labute approximate surface area is 119 Å². The van der Waals surface area contributed by atoms with E-state index >= 15 is 0 Å². The molecule has 3 aliphatic rings. The Balaban J connectivity index is 1.60. The fourth-order valence-electron chi connectivity index (χ4n) is 5.03. The molecule has 110 valence electrons. The molecule has 0 amide bonds. The van der Waals surface area contributed by atoms with E-state index in [0.717, 1.165) is 17.8 Å². The highest BCUT2D eigenvalue weighted by atomic mass is 15.2. The molecule has 0 aromatic rings. The molecule has 3 fully saturated rings. The maximum Gasteiger partial charge on any atom is 0.0303 e. The third-order valence-electron chi connectivity index (χ3n) is 6.41. The lowest BCUT2D eigenvalue weighted by atomic mass is 9.87. The topological polar surface area (TPSA) is 15.3 Å². The predicted molar refractivity (Wildman–Crippen MR) is 81.3 cm³/mol. The Hall–Kier alpha value is -0.0800. The van der Waals surface area contributed by atoms with Crippen molar-refractivity contribution >= 4 is 0 Å². The molecule has 0 aromatic carbocycles. The third-order valence-corrected chi connectivity index (χ3v) is 6.41. The number of rotatable bonds is 4. The van der Waals surface area contributed by atoms with Crippen LogP contribution in [0.15, 0.2) is 0 Å². The van der Waals surface area contributed by atoms with Gasteiger partial charge in [-0.05, 0) is 69.4 Å². The van der Waals surface area contributed by atoms with Gasteiger partial charge in [0.2, 0.25) is 0 Å². The summed E-state index contributed by atoms with van der Waals surface area (Å²) in [5.74, 6) is 3.21. The van der Waals surface area contributed by atoms with Crippen LogP contribution in [0.1, 0.15) is 58.8 Å². The minimum atomic E-state index is 0.397. The van der Waals surface area contributed by atoms with Crippen LogP contribution in [0.3, 0.4) is 0 Å². The molecule has 2 saturated carbocycles. The van der Waals surface area contributed by atoms with E-state index in [2.05, 4.69) is 24.1 Å². The summed E-state index contributed by atoms with van der Waals surface area (Å²) >= 11 is 0. The molecule has 3 atom stereocenters. The number of fused-ring (bicyclic) bond motifs is 2. The summed E-state index contributed by atoms with van der Waals surface area (Å²) in [4.78, 5) is 2.80. The summed E-state index contributed by atoms with van der Waals surface area (Å²) in [5.41, 5.74) is 0.397. The van der Waals surface area contributed by atoms with Gasteiger partial charge in [0.05, 0.1) is 0 Å². The summed E-state index contributed by atoms with van der Waals surface area (Å²) in [6.07, 6.45) is 10.1. The third kappa shape index (κ3) is 2.85. The highest BCUT2D eigenvalue weighted by Gasteiger charge is 2.41. The first-order chi connectivity index (χ1) is 9.24. The van der Waals surface area contributed by atoms with E-state index in [0.29, 0.717) is 5.54 Å². The maximum absolute atomic E-state index is 3.84. The van der Waals surface area contributed by atoms with Crippen LogP contribution in [0, 0.1) is 17.8 Å². The van der Waals surface area contributed by atoms with Gasteiger partial charge in [-0.25, -0.2) is 0 Å². The van der Waals surface area contributed by atoms with Crippen LogP contribution in [0.2, 0.25) is 0 Å². The number of hydrogen-bond donors (Lipinski definition) is 1. The smallest absolute Gasteiger partial charge is 0.0303 e. The quantitative estimate of drug-likeness (QED) is 0.838. The zero-order chi connectivity index (χ0) is 13.3. The average Bonchev–Trinajstić information content (AvgIpc) is 2.98. The van der Waals surface area contributed by atoms with E-state index in [1.807, 2.05) is 0 Å². The van der Waals surface area contributed by atoms with Crippen LogP contribution in [-0.4, -0.2) is 36.6 Å². The lowest BCUT2D eigenvalue weighted by Gasteiger charge is -2.37. The standard InChI is InChI=1S/C17H32N2/c1-3-17(4-2)13-19(9-5-8-18-17)12-16-11-14-6-7-15(16)10-14/h14-16,18H,3-13H2,1-2H3. The molecule has 1 aliphatic heterocycles. The Morgan fingerprint density at radius 1 is 1.16 bits per heavy atom. The van der Waals surface area contributed by atoms with Gasteiger partial charge in [-0.1, -0.05) is 20.3 Å². The van der Waals surface area contributed by atoms with E-state index < -0.39 is 0 Å². The molecule has 2 nitrogen and oxygen atoms in total. The minimum absolute atomic E-state index is 0.397. The zero-order valence-corrected chi connectivity index (χ0v) is 13.0. The summed E-state index contributed by atoms with van der Waals surface area (Å²) in [5, 5.41) is 3.84. The SMILES string of the molecule is CCC1(CC)CN(CC2CC3CCC2C3)CCCN1. The number of nitrogens with zero attached hydrogens (tertiary/aromatic N) is 1.